The summed E-state index contributed by atoms with van der Waals surface area (Å²) in [5.41, 5.74) is 0.248. The standard InChI is InChI=1S/C11H15N3O3/c1-8-6-12-10(5-9(8)14(16)17)13-11(7-15)3-2-4-11/h5-6,15H,2-4,7H2,1H3,(H,12,13). The Bertz CT molecular complexity index is 438. The van der Waals surface area contributed by atoms with Gasteiger partial charge in [-0.05, 0) is 26.2 Å². The number of hydrogen-bond acceptors (Lipinski definition) is 5. The topological polar surface area (TPSA) is 88.3 Å². The summed E-state index contributed by atoms with van der Waals surface area (Å²) in [5, 5.41) is 23.2. The molecular weight excluding hydrogens is 222 g/mol. The number of nitrogens with one attached hydrogen (secondary N) is 1. The van der Waals surface area contributed by atoms with Crippen LogP contribution < -0.4 is 5.32 Å². The van der Waals surface area contributed by atoms with Crippen LogP contribution in [-0.4, -0.2) is 27.2 Å². The highest BCUT2D eigenvalue weighted by molar-refractivity contribution is 5.50. The Labute approximate surface area is 98.8 Å². The summed E-state index contributed by atoms with van der Waals surface area (Å²) in [6, 6.07) is 1.42. The van der Waals surface area contributed by atoms with Gasteiger partial charge < -0.3 is 10.4 Å². The lowest BCUT2D eigenvalue weighted by Gasteiger charge is -2.41. The van der Waals surface area contributed by atoms with E-state index >= 15 is 0 Å². The maximum absolute atomic E-state index is 10.8. The molecule has 92 valence electrons. The minimum absolute atomic E-state index is 0.0242. The Morgan fingerprint density at radius 3 is 2.82 bits per heavy atom. The van der Waals surface area contributed by atoms with E-state index in [1.165, 1.54) is 12.3 Å². The zero-order valence-electron chi connectivity index (χ0n) is 9.64. The molecule has 1 aliphatic rings. The fourth-order valence-electron chi connectivity index (χ4n) is 1.98. The second-order valence-electron chi connectivity index (χ2n) is 4.53. The molecule has 0 unspecified atom stereocenters. The van der Waals surface area contributed by atoms with Crippen molar-refractivity contribution in [2.75, 3.05) is 11.9 Å². The number of aliphatic hydroxyl groups is 1. The van der Waals surface area contributed by atoms with E-state index in [0.717, 1.165) is 19.3 Å². The molecule has 1 aromatic heterocycles. The third-order valence-electron chi connectivity index (χ3n) is 3.28. The monoisotopic (exact) mass is 237 g/mol. The van der Waals surface area contributed by atoms with Crippen molar-refractivity contribution < 1.29 is 10.0 Å². The van der Waals surface area contributed by atoms with Crippen molar-refractivity contribution in [3.63, 3.8) is 0 Å². The molecule has 0 amide bonds. The van der Waals surface area contributed by atoms with E-state index in [2.05, 4.69) is 10.3 Å². The van der Waals surface area contributed by atoms with Crippen molar-refractivity contribution in [1.82, 2.24) is 4.98 Å². The maximum atomic E-state index is 10.8. The van der Waals surface area contributed by atoms with Gasteiger partial charge in [0.15, 0.2) is 0 Å². The van der Waals surface area contributed by atoms with E-state index in [-0.39, 0.29) is 17.8 Å². The van der Waals surface area contributed by atoms with Crippen molar-refractivity contribution in [3.05, 3.63) is 27.9 Å². The summed E-state index contributed by atoms with van der Waals surface area (Å²) in [6.45, 7) is 1.68. The van der Waals surface area contributed by atoms with Gasteiger partial charge >= 0.3 is 0 Å². The van der Waals surface area contributed by atoms with Gasteiger partial charge in [-0.1, -0.05) is 0 Å². The van der Waals surface area contributed by atoms with E-state index < -0.39 is 4.92 Å². The molecule has 6 heteroatoms. The molecule has 1 saturated carbocycles. The Morgan fingerprint density at radius 1 is 1.65 bits per heavy atom. The second kappa shape index (κ2) is 4.29. The SMILES string of the molecule is Cc1cnc(NC2(CO)CCC2)cc1[N+](=O)[O-]. The molecule has 1 heterocycles. The number of nitro groups is 1. The first kappa shape index (κ1) is 11.8. The largest absolute Gasteiger partial charge is 0.394 e. The maximum Gasteiger partial charge on any atom is 0.277 e. The number of rotatable bonds is 4. The number of aryl methyl sites for hydroxylation is 1. The van der Waals surface area contributed by atoms with Gasteiger partial charge in [-0.2, -0.15) is 0 Å². The zero-order chi connectivity index (χ0) is 12.5. The minimum Gasteiger partial charge on any atom is -0.394 e. The molecule has 1 fully saturated rings. The fourth-order valence-corrected chi connectivity index (χ4v) is 1.98. The van der Waals surface area contributed by atoms with E-state index in [9.17, 15) is 15.2 Å². The number of nitrogens with zero attached hydrogens (tertiary/aromatic N) is 2. The van der Waals surface area contributed by atoms with E-state index in [4.69, 9.17) is 0 Å². The summed E-state index contributed by atoms with van der Waals surface area (Å²) < 4.78 is 0. The smallest absolute Gasteiger partial charge is 0.277 e. The molecular formula is C11H15N3O3. The number of anilines is 1. The van der Waals surface area contributed by atoms with E-state index in [0.29, 0.717) is 11.4 Å². The normalized spacial score (nSPS) is 17.3. The highest BCUT2D eigenvalue weighted by Gasteiger charge is 2.36. The fraction of sp³-hybridized carbons (Fsp3) is 0.545. The Hall–Kier alpha value is -1.69. The summed E-state index contributed by atoms with van der Waals surface area (Å²) in [5.74, 6) is 0.455. The lowest BCUT2D eigenvalue weighted by Crippen LogP contribution is -2.48. The van der Waals surface area contributed by atoms with Crippen LogP contribution in [0.4, 0.5) is 11.5 Å². The first-order chi connectivity index (χ1) is 8.06. The van der Waals surface area contributed by atoms with Gasteiger partial charge in [0.1, 0.15) is 5.82 Å². The number of pyridine rings is 1. The average Bonchev–Trinajstić information content (AvgIpc) is 2.25. The summed E-state index contributed by atoms with van der Waals surface area (Å²) >= 11 is 0. The molecule has 1 aromatic rings. The molecule has 1 aliphatic carbocycles. The minimum atomic E-state index is -0.422. The first-order valence-corrected chi connectivity index (χ1v) is 5.56. The molecule has 0 spiro atoms. The van der Waals surface area contributed by atoms with E-state index in [1.807, 2.05) is 0 Å². The van der Waals surface area contributed by atoms with E-state index in [1.54, 1.807) is 6.92 Å². The lowest BCUT2D eigenvalue weighted by molar-refractivity contribution is -0.385. The average molecular weight is 237 g/mol. The molecule has 0 saturated heterocycles. The van der Waals surface area contributed by atoms with Crippen molar-refractivity contribution in [2.45, 2.75) is 31.7 Å². The van der Waals surface area contributed by atoms with Gasteiger partial charge in [-0.3, -0.25) is 10.1 Å². The van der Waals surface area contributed by atoms with Crippen molar-refractivity contribution in [3.8, 4) is 0 Å². The van der Waals surface area contributed by atoms with Gasteiger partial charge in [0.25, 0.3) is 5.69 Å². The predicted molar refractivity (Wildman–Crippen MR) is 62.9 cm³/mol. The van der Waals surface area contributed by atoms with Crippen LogP contribution in [0.25, 0.3) is 0 Å². The third-order valence-corrected chi connectivity index (χ3v) is 3.28. The Morgan fingerprint density at radius 2 is 2.35 bits per heavy atom. The van der Waals surface area contributed by atoms with Crippen molar-refractivity contribution in [2.24, 2.45) is 0 Å². The molecule has 17 heavy (non-hydrogen) atoms. The summed E-state index contributed by atoms with van der Waals surface area (Å²) in [4.78, 5) is 14.5. The van der Waals surface area contributed by atoms with Crippen LogP contribution in [-0.2, 0) is 0 Å². The summed E-state index contributed by atoms with van der Waals surface area (Å²) in [6.07, 6.45) is 4.27. The Balaban J connectivity index is 2.22. The van der Waals surface area contributed by atoms with Crippen LogP contribution in [0, 0.1) is 17.0 Å². The van der Waals surface area contributed by atoms with Gasteiger partial charge in [0.05, 0.1) is 23.1 Å². The predicted octanol–water partition coefficient (Wildman–Crippen LogP) is 1.63. The number of hydrogen-bond donors (Lipinski definition) is 2. The van der Waals surface area contributed by atoms with Crippen molar-refractivity contribution in [1.29, 1.82) is 0 Å². The van der Waals surface area contributed by atoms with Gasteiger partial charge in [0, 0.05) is 11.8 Å². The van der Waals surface area contributed by atoms with Crippen LogP contribution >= 0.6 is 0 Å². The van der Waals surface area contributed by atoms with Crippen LogP contribution in [0.3, 0.4) is 0 Å². The molecule has 0 aromatic carbocycles. The van der Waals surface area contributed by atoms with Crippen LogP contribution in [0.5, 0.6) is 0 Å². The lowest BCUT2D eigenvalue weighted by atomic mass is 9.77. The van der Waals surface area contributed by atoms with Crippen LogP contribution in [0.1, 0.15) is 24.8 Å². The molecule has 0 aliphatic heterocycles. The Kier molecular flexibility index (Phi) is 2.97. The molecule has 2 N–H and O–H groups in total. The number of aromatic nitrogens is 1. The van der Waals surface area contributed by atoms with Crippen molar-refractivity contribution >= 4 is 11.5 Å². The van der Waals surface area contributed by atoms with Gasteiger partial charge in [-0.25, -0.2) is 4.98 Å². The molecule has 0 atom stereocenters. The van der Waals surface area contributed by atoms with Crippen LogP contribution in [0.2, 0.25) is 0 Å². The van der Waals surface area contributed by atoms with Gasteiger partial charge in [0.2, 0.25) is 0 Å². The second-order valence-corrected chi connectivity index (χ2v) is 4.53. The molecule has 6 nitrogen and oxygen atoms in total. The number of aliphatic hydroxyl groups excluding tert-OH is 1. The highest BCUT2D eigenvalue weighted by atomic mass is 16.6. The van der Waals surface area contributed by atoms with Gasteiger partial charge in [-0.15, -0.1) is 0 Å². The molecule has 0 radical (unpaired) electrons. The molecule has 0 bridgehead atoms. The zero-order valence-corrected chi connectivity index (χ0v) is 9.64. The summed E-state index contributed by atoms with van der Waals surface area (Å²) in [7, 11) is 0. The third kappa shape index (κ3) is 2.21. The quantitative estimate of drug-likeness (QED) is 0.613. The highest BCUT2D eigenvalue weighted by Crippen LogP contribution is 2.35. The van der Waals surface area contributed by atoms with Crippen LogP contribution in [0.15, 0.2) is 12.3 Å². The molecule has 2 rings (SSSR count). The first-order valence-electron chi connectivity index (χ1n) is 5.56.